The van der Waals surface area contributed by atoms with Crippen LogP contribution in [0.25, 0.3) is 0 Å². The fourth-order valence-corrected chi connectivity index (χ4v) is 1.26. The standard InChI is InChI=1S/C12H16O2/c1-3-4-5-6-7-11-8-9-14-12(13)10(11)2/h3-5,8-9H2,1-2H3. The quantitative estimate of drug-likeness (QED) is 0.381. The Hall–Kier alpha value is -1.23. The highest BCUT2D eigenvalue weighted by atomic mass is 16.5. The van der Waals surface area contributed by atoms with E-state index < -0.39 is 0 Å². The average molecular weight is 192 g/mol. The van der Waals surface area contributed by atoms with Crippen molar-refractivity contribution in [3.05, 3.63) is 11.1 Å². The summed E-state index contributed by atoms with van der Waals surface area (Å²) in [5.74, 6) is 5.94. The van der Waals surface area contributed by atoms with Crippen LogP contribution < -0.4 is 0 Å². The van der Waals surface area contributed by atoms with Crippen LogP contribution in [-0.2, 0) is 9.53 Å². The van der Waals surface area contributed by atoms with Crippen molar-refractivity contribution in [3.63, 3.8) is 0 Å². The van der Waals surface area contributed by atoms with Gasteiger partial charge in [-0.05, 0) is 13.3 Å². The second kappa shape index (κ2) is 5.49. The summed E-state index contributed by atoms with van der Waals surface area (Å²) in [6, 6.07) is 0. The van der Waals surface area contributed by atoms with Gasteiger partial charge in [0.2, 0.25) is 0 Å². The molecule has 2 nitrogen and oxygen atoms in total. The molecule has 76 valence electrons. The normalized spacial score (nSPS) is 16.0. The van der Waals surface area contributed by atoms with Gasteiger partial charge in [-0.3, -0.25) is 0 Å². The van der Waals surface area contributed by atoms with Crippen molar-refractivity contribution < 1.29 is 9.53 Å². The van der Waals surface area contributed by atoms with Gasteiger partial charge in [0, 0.05) is 24.0 Å². The third-order valence-electron chi connectivity index (χ3n) is 2.24. The first-order chi connectivity index (χ1) is 6.75. The molecule has 0 saturated carbocycles. The Bertz CT molecular complexity index is 302. The summed E-state index contributed by atoms with van der Waals surface area (Å²) in [6.45, 7) is 4.41. The SMILES string of the molecule is CCCCC#CC1=C(C)C(=O)OCC1. The van der Waals surface area contributed by atoms with Crippen LogP contribution in [0.4, 0.5) is 0 Å². The van der Waals surface area contributed by atoms with Crippen molar-refractivity contribution in [2.24, 2.45) is 0 Å². The predicted molar refractivity (Wildman–Crippen MR) is 55.6 cm³/mol. The van der Waals surface area contributed by atoms with Crippen LogP contribution in [0, 0.1) is 11.8 Å². The lowest BCUT2D eigenvalue weighted by Gasteiger charge is -2.12. The van der Waals surface area contributed by atoms with Gasteiger partial charge in [-0.25, -0.2) is 4.79 Å². The molecule has 0 spiro atoms. The molecule has 0 aromatic rings. The van der Waals surface area contributed by atoms with Crippen LogP contribution in [0.2, 0.25) is 0 Å². The molecule has 1 rings (SSSR count). The van der Waals surface area contributed by atoms with Gasteiger partial charge in [0.25, 0.3) is 0 Å². The van der Waals surface area contributed by atoms with E-state index in [0.717, 1.165) is 31.3 Å². The monoisotopic (exact) mass is 192 g/mol. The highest BCUT2D eigenvalue weighted by molar-refractivity contribution is 5.90. The third kappa shape index (κ3) is 2.92. The minimum absolute atomic E-state index is 0.212. The summed E-state index contributed by atoms with van der Waals surface area (Å²) in [7, 11) is 0. The summed E-state index contributed by atoms with van der Waals surface area (Å²) in [6.07, 6.45) is 3.98. The number of unbranched alkanes of at least 4 members (excludes halogenated alkanes) is 2. The summed E-state index contributed by atoms with van der Waals surface area (Å²) in [4.78, 5) is 11.1. The lowest BCUT2D eigenvalue weighted by atomic mass is 10.0. The van der Waals surface area contributed by atoms with E-state index in [-0.39, 0.29) is 5.97 Å². The minimum Gasteiger partial charge on any atom is -0.462 e. The first kappa shape index (κ1) is 10.8. The van der Waals surface area contributed by atoms with E-state index in [1.165, 1.54) is 0 Å². The van der Waals surface area contributed by atoms with Crippen LogP contribution in [0.5, 0.6) is 0 Å². The summed E-state index contributed by atoms with van der Waals surface area (Å²) in [5.41, 5.74) is 1.64. The van der Waals surface area contributed by atoms with Gasteiger partial charge in [0.1, 0.15) is 0 Å². The van der Waals surface area contributed by atoms with Crippen molar-refractivity contribution >= 4 is 5.97 Å². The highest BCUT2D eigenvalue weighted by Crippen LogP contribution is 2.15. The zero-order valence-corrected chi connectivity index (χ0v) is 8.85. The van der Waals surface area contributed by atoms with Gasteiger partial charge in [-0.2, -0.15) is 0 Å². The number of esters is 1. The Balaban J connectivity index is 2.60. The van der Waals surface area contributed by atoms with Gasteiger partial charge >= 0.3 is 5.97 Å². The largest absolute Gasteiger partial charge is 0.462 e. The maximum atomic E-state index is 11.1. The third-order valence-corrected chi connectivity index (χ3v) is 2.24. The molecule has 0 radical (unpaired) electrons. The molecular weight excluding hydrogens is 176 g/mol. The van der Waals surface area contributed by atoms with Gasteiger partial charge in [0.05, 0.1) is 6.61 Å². The Morgan fingerprint density at radius 3 is 3.00 bits per heavy atom. The van der Waals surface area contributed by atoms with Crippen molar-refractivity contribution in [3.8, 4) is 11.8 Å². The van der Waals surface area contributed by atoms with E-state index in [1.54, 1.807) is 6.92 Å². The van der Waals surface area contributed by atoms with Crippen molar-refractivity contribution in [1.82, 2.24) is 0 Å². The average Bonchev–Trinajstić information content (AvgIpc) is 2.19. The molecule has 0 unspecified atom stereocenters. The Morgan fingerprint density at radius 2 is 2.29 bits per heavy atom. The van der Waals surface area contributed by atoms with E-state index in [0.29, 0.717) is 12.2 Å². The van der Waals surface area contributed by atoms with Crippen molar-refractivity contribution in [2.45, 2.75) is 39.5 Å². The van der Waals surface area contributed by atoms with Crippen LogP contribution >= 0.6 is 0 Å². The molecule has 1 heterocycles. The maximum absolute atomic E-state index is 11.1. The summed E-state index contributed by atoms with van der Waals surface area (Å²) >= 11 is 0. The molecule has 1 aliphatic heterocycles. The van der Waals surface area contributed by atoms with Crippen LogP contribution in [0.3, 0.4) is 0 Å². The Labute approximate surface area is 85.3 Å². The van der Waals surface area contributed by atoms with Crippen LogP contribution in [0.15, 0.2) is 11.1 Å². The molecule has 0 bridgehead atoms. The fourth-order valence-electron chi connectivity index (χ4n) is 1.26. The molecule has 0 fully saturated rings. The highest BCUT2D eigenvalue weighted by Gasteiger charge is 2.15. The Morgan fingerprint density at radius 1 is 1.50 bits per heavy atom. The molecule has 0 N–H and O–H groups in total. The van der Waals surface area contributed by atoms with E-state index in [1.807, 2.05) is 0 Å². The second-order valence-electron chi connectivity index (χ2n) is 3.39. The lowest BCUT2D eigenvalue weighted by molar-refractivity contribution is -0.139. The van der Waals surface area contributed by atoms with Gasteiger partial charge < -0.3 is 4.74 Å². The number of hydrogen-bond acceptors (Lipinski definition) is 2. The van der Waals surface area contributed by atoms with Gasteiger partial charge in [-0.1, -0.05) is 25.2 Å². The van der Waals surface area contributed by atoms with Crippen molar-refractivity contribution in [2.75, 3.05) is 6.61 Å². The lowest BCUT2D eigenvalue weighted by Crippen LogP contribution is -2.15. The smallest absolute Gasteiger partial charge is 0.334 e. The van der Waals surface area contributed by atoms with E-state index >= 15 is 0 Å². The van der Waals surface area contributed by atoms with E-state index in [2.05, 4.69) is 18.8 Å². The molecule has 2 heteroatoms. The second-order valence-corrected chi connectivity index (χ2v) is 3.39. The fraction of sp³-hybridized carbons (Fsp3) is 0.583. The van der Waals surface area contributed by atoms with Gasteiger partial charge in [-0.15, -0.1) is 0 Å². The first-order valence-electron chi connectivity index (χ1n) is 5.11. The number of carbonyl (C=O) groups excluding carboxylic acids is 1. The molecule has 14 heavy (non-hydrogen) atoms. The Kier molecular flexibility index (Phi) is 4.25. The van der Waals surface area contributed by atoms with E-state index in [4.69, 9.17) is 4.74 Å². The summed E-state index contributed by atoms with van der Waals surface area (Å²) in [5, 5.41) is 0. The van der Waals surface area contributed by atoms with Crippen LogP contribution in [0.1, 0.15) is 39.5 Å². The first-order valence-corrected chi connectivity index (χ1v) is 5.11. The predicted octanol–water partition coefficient (Wildman–Crippen LogP) is 2.44. The molecule has 0 aromatic heterocycles. The van der Waals surface area contributed by atoms with Gasteiger partial charge in [0.15, 0.2) is 0 Å². The molecule has 0 aliphatic carbocycles. The minimum atomic E-state index is -0.212. The van der Waals surface area contributed by atoms with Crippen LogP contribution in [-0.4, -0.2) is 12.6 Å². The molecular formula is C12H16O2. The molecule has 0 amide bonds. The van der Waals surface area contributed by atoms with E-state index in [9.17, 15) is 4.79 Å². The van der Waals surface area contributed by atoms with Crippen molar-refractivity contribution in [1.29, 1.82) is 0 Å². The number of rotatable bonds is 2. The summed E-state index contributed by atoms with van der Waals surface area (Å²) < 4.78 is 4.88. The zero-order chi connectivity index (χ0) is 10.4. The number of carbonyl (C=O) groups is 1. The number of hydrogen-bond donors (Lipinski definition) is 0. The zero-order valence-electron chi connectivity index (χ0n) is 8.85. The number of ether oxygens (including phenoxy) is 1. The molecule has 1 aliphatic rings. The topological polar surface area (TPSA) is 26.3 Å². The maximum Gasteiger partial charge on any atom is 0.334 e. The molecule has 0 aromatic carbocycles. The molecule has 0 atom stereocenters. The number of cyclic esters (lactones) is 1. The molecule has 0 saturated heterocycles.